The van der Waals surface area contributed by atoms with E-state index in [9.17, 15) is 4.79 Å². The summed E-state index contributed by atoms with van der Waals surface area (Å²) in [5, 5.41) is 0. The molecule has 1 aliphatic heterocycles. The molecule has 3 nitrogen and oxygen atoms in total. The molecule has 1 aromatic rings. The first kappa shape index (κ1) is 12.0. The third kappa shape index (κ3) is 2.78. The van der Waals surface area contributed by atoms with Gasteiger partial charge in [0.05, 0.1) is 0 Å². The third-order valence-electron chi connectivity index (χ3n) is 3.54. The smallest absolute Gasteiger partial charge is 0.223 e. The van der Waals surface area contributed by atoms with E-state index in [-0.39, 0.29) is 5.91 Å². The normalized spacial score (nSPS) is 19.6. The van der Waals surface area contributed by atoms with Crippen molar-refractivity contribution in [2.45, 2.75) is 38.6 Å². The highest BCUT2D eigenvalue weighted by Gasteiger charge is 2.24. The van der Waals surface area contributed by atoms with Gasteiger partial charge in [0.15, 0.2) is 0 Å². The molecule has 92 valence electrons. The van der Waals surface area contributed by atoms with Crippen LogP contribution < -0.4 is 5.73 Å². The maximum atomic E-state index is 12.0. The van der Waals surface area contributed by atoms with E-state index in [4.69, 9.17) is 5.73 Å². The summed E-state index contributed by atoms with van der Waals surface area (Å²) in [6.07, 6.45) is 3.59. The van der Waals surface area contributed by atoms with Crippen LogP contribution in [0.5, 0.6) is 0 Å². The number of likely N-dealkylation sites (tertiary alicyclic amines) is 1. The molecule has 1 heterocycles. The lowest BCUT2D eigenvalue weighted by molar-refractivity contribution is -0.131. The number of benzene rings is 1. The van der Waals surface area contributed by atoms with E-state index in [1.807, 2.05) is 29.2 Å². The zero-order chi connectivity index (χ0) is 12.3. The minimum absolute atomic E-state index is 0.262. The number of hydrogen-bond acceptors (Lipinski definition) is 2. The number of amides is 1. The van der Waals surface area contributed by atoms with Crippen LogP contribution in [0, 0.1) is 0 Å². The molecule has 1 aromatic carbocycles. The van der Waals surface area contributed by atoms with Crippen LogP contribution >= 0.6 is 0 Å². The van der Waals surface area contributed by atoms with E-state index in [2.05, 4.69) is 6.92 Å². The predicted octanol–water partition coefficient (Wildman–Crippen LogP) is 2.21. The van der Waals surface area contributed by atoms with Crippen LogP contribution in [0.3, 0.4) is 0 Å². The standard InChI is InChI=1S/C14H20N2O/c1-11-5-4-10-16(11)14(17)9-8-12-6-2-3-7-13(12)15/h2-3,6-7,11H,4-5,8-10,15H2,1H3. The van der Waals surface area contributed by atoms with Crippen molar-refractivity contribution in [3.63, 3.8) is 0 Å². The summed E-state index contributed by atoms with van der Waals surface area (Å²) in [5.41, 5.74) is 7.73. The molecule has 1 unspecified atom stereocenters. The van der Waals surface area contributed by atoms with Gasteiger partial charge in [-0.1, -0.05) is 18.2 Å². The molecule has 0 aromatic heterocycles. The van der Waals surface area contributed by atoms with E-state index in [1.165, 1.54) is 0 Å². The number of nitrogen functional groups attached to an aromatic ring is 1. The number of nitrogens with zero attached hydrogens (tertiary/aromatic N) is 1. The molecule has 0 radical (unpaired) electrons. The summed E-state index contributed by atoms with van der Waals surface area (Å²) in [5.74, 6) is 0.262. The lowest BCUT2D eigenvalue weighted by Crippen LogP contribution is -2.33. The fraction of sp³-hybridized carbons (Fsp3) is 0.500. The van der Waals surface area contributed by atoms with Gasteiger partial charge >= 0.3 is 0 Å². The van der Waals surface area contributed by atoms with Gasteiger partial charge < -0.3 is 10.6 Å². The Morgan fingerprint density at radius 1 is 1.47 bits per heavy atom. The third-order valence-corrected chi connectivity index (χ3v) is 3.54. The second kappa shape index (κ2) is 5.21. The van der Waals surface area contributed by atoms with Gasteiger partial charge in [0.25, 0.3) is 0 Å². The predicted molar refractivity (Wildman–Crippen MR) is 69.6 cm³/mol. The fourth-order valence-electron chi connectivity index (χ4n) is 2.45. The quantitative estimate of drug-likeness (QED) is 0.812. The first-order valence-corrected chi connectivity index (χ1v) is 6.31. The Labute approximate surface area is 103 Å². The Morgan fingerprint density at radius 2 is 2.24 bits per heavy atom. The van der Waals surface area contributed by atoms with Gasteiger partial charge in [0.1, 0.15) is 0 Å². The SMILES string of the molecule is CC1CCCN1C(=O)CCc1ccccc1N. The van der Waals surface area contributed by atoms with Gasteiger partial charge in [-0.15, -0.1) is 0 Å². The molecule has 0 spiro atoms. The van der Waals surface area contributed by atoms with Crippen LogP contribution in [-0.2, 0) is 11.2 Å². The zero-order valence-electron chi connectivity index (χ0n) is 10.4. The first-order chi connectivity index (χ1) is 8.18. The Bertz CT molecular complexity index is 403. The van der Waals surface area contributed by atoms with Gasteiger partial charge in [-0.05, 0) is 37.8 Å². The van der Waals surface area contributed by atoms with Crippen LogP contribution in [0.15, 0.2) is 24.3 Å². The van der Waals surface area contributed by atoms with Crippen LogP contribution in [0.25, 0.3) is 0 Å². The number of carbonyl (C=O) groups is 1. The zero-order valence-corrected chi connectivity index (χ0v) is 10.4. The van der Waals surface area contributed by atoms with Crippen molar-refractivity contribution in [1.29, 1.82) is 0 Å². The number of hydrogen-bond donors (Lipinski definition) is 1. The van der Waals surface area contributed by atoms with Crippen molar-refractivity contribution in [3.05, 3.63) is 29.8 Å². The number of para-hydroxylation sites is 1. The molecule has 0 saturated carbocycles. The molecule has 1 amide bonds. The van der Waals surface area contributed by atoms with Crippen LogP contribution in [0.1, 0.15) is 31.7 Å². The molecule has 1 saturated heterocycles. The Morgan fingerprint density at radius 3 is 2.88 bits per heavy atom. The highest BCUT2D eigenvalue weighted by atomic mass is 16.2. The molecule has 1 aliphatic rings. The minimum Gasteiger partial charge on any atom is -0.399 e. The van der Waals surface area contributed by atoms with Gasteiger partial charge in [-0.3, -0.25) is 4.79 Å². The van der Waals surface area contributed by atoms with E-state index in [0.29, 0.717) is 12.5 Å². The molecular weight excluding hydrogens is 212 g/mol. The monoisotopic (exact) mass is 232 g/mol. The van der Waals surface area contributed by atoms with Crippen molar-refractivity contribution in [3.8, 4) is 0 Å². The Kier molecular flexibility index (Phi) is 3.67. The summed E-state index contributed by atoms with van der Waals surface area (Å²) < 4.78 is 0. The second-order valence-corrected chi connectivity index (χ2v) is 4.78. The second-order valence-electron chi connectivity index (χ2n) is 4.78. The molecule has 1 fully saturated rings. The van der Waals surface area contributed by atoms with Gasteiger partial charge in [0.2, 0.25) is 5.91 Å². The van der Waals surface area contributed by atoms with Crippen LogP contribution in [-0.4, -0.2) is 23.4 Å². The summed E-state index contributed by atoms with van der Waals surface area (Å²) >= 11 is 0. The molecule has 2 N–H and O–H groups in total. The maximum Gasteiger partial charge on any atom is 0.223 e. The number of aryl methyl sites for hydroxylation is 1. The highest BCUT2D eigenvalue weighted by molar-refractivity contribution is 5.77. The molecule has 2 rings (SSSR count). The number of carbonyl (C=O) groups excluding carboxylic acids is 1. The Balaban J connectivity index is 1.90. The van der Waals surface area contributed by atoms with Gasteiger partial charge in [0, 0.05) is 24.7 Å². The number of nitrogens with two attached hydrogens (primary N) is 1. The van der Waals surface area contributed by atoms with Crippen molar-refractivity contribution in [1.82, 2.24) is 4.90 Å². The largest absolute Gasteiger partial charge is 0.399 e. The van der Waals surface area contributed by atoms with Gasteiger partial charge in [-0.2, -0.15) is 0 Å². The lowest BCUT2D eigenvalue weighted by Gasteiger charge is -2.21. The molecule has 0 bridgehead atoms. The van der Waals surface area contributed by atoms with Gasteiger partial charge in [-0.25, -0.2) is 0 Å². The van der Waals surface area contributed by atoms with Crippen LogP contribution in [0.4, 0.5) is 5.69 Å². The number of rotatable bonds is 3. The minimum atomic E-state index is 0.262. The molecule has 1 atom stereocenters. The van der Waals surface area contributed by atoms with E-state index in [1.54, 1.807) is 0 Å². The average molecular weight is 232 g/mol. The van der Waals surface area contributed by atoms with Crippen molar-refractivity contribution in [2.75, 3.05) is 12.3 Å². The topological polar surface area (TPSA) is 46.3 Å². The van der Waals surface area contributed by atoms with Crippen molar-refractivity contribution >= 4 is 11.6 Å². The highest BCUT2D eigenvalue weighted by Crippen LogP contribution is 2.19. The lowest BCUT2D eigenvalue weighted by atomic mass is 10.1. The van der Waals surface area contributed by atoms with Crippen molar-refractivity contribution in [2.24, 2.45) is 0 Å². The maximum absolute atomic E-state index is 12.0. The van der Waals surface area contributed by atoms with E-state index >= 15 is 0 Å². The molecular formula is C14H20N2O. The molecule has 3 heteroatoms. The molecule has 0 aliphatic carbocycles. The summed E-state index contributed by atoms with van der Waals surface area (Å²) in [7, 11) is 0. The summed E-state index contributed by atoms with van der Waals surface area (Å²) in [6.45, 7) is 3.05. The summed E-state index contributed by atoms with van der Waals surface area (Å²) in [4.78, 5) is 14.0. The van der Waals surface area contributed by atoms with E-state index < -0.39 is 0 Å². The first-order valence-electron chi connectivity index (χ1n) is 6.31. The summed E-state index contributed by atoms with van der Waals surface area (Å²) in [6, 6.07) is 8.18. The fourth-order valence-corrected chi connectivity index (χ4v) is 2.45. The number of anilines is 1. The van der Waals surface area contributed by atoms with E-state index in [0.717, 1.165) is 37.1 Å². The molecule has 17 heavy (non-hydrogen) atoms. The van der Waals surface area contributed by atoms with Crippen molar-refractivity contribution < 1.29 is 4.79 Å². The Hall–Kier alpha value is -1.51. The van der Waals surface area contributed by atoms with Crippen LogP contribution in [0.2, 0.25) is 0 Å². The average Bonchev–Trinajstić information content (AvgIpc) is 2.74.